The number of para-hydroxylation sites is 3. The molecule has 0 aliphatic heterocycles. The summed E-state index contributed by atoms with van der Waals surface area (Å²) in [6, 6.07) is 67.8. The third-order valence-corrected chi connectivity index (χ3v) is 10.3. The average molecular weight is 916 g/mol. The Morgan fingerprint density at radius 3 is 1.95 bits per heavy atom. The largest absolute Gasteiger partial charge is 0.332 e. The van der Waals surface area contributed by atoms with E-state index in [0.29, 0.717) is 11.1 Å². The molecule has 0 spiro atoms. The first kappa shape index (κ1) is 34.3. The van der Waals surface area contributed by atoms with Gasteiger partial charge in [0, 0.05) is 40.2 Å². The van der Waals surface area contributed by atoms with Crippen molar-refractivity contribution in [2.75, 3.05) is 0 Å². The van der Waals surface area contributed by atoms with Crippen LogP contribution in [0.25, 0.3) is 71.7 Å². The van der Waals surface area contributed by atoms with E-state index in [1.165, 1.54) is 11.3 Å². The number of fused-ring (bicyclic) bond motifs is 2. The number of imidazole rings is 1. The summed E-state index contributed by atoms with van der Waals surface area (Å²) in [6.45, 7) is 0. The first-order chi connectivity index (χ1) is 28.1. The number of thiophene rings is 1. The number of hydrogen-bond acceptors (Lipinski definition) is 3. The van der Waals surface area contributed by atoms with Gasteiger partial charge in [-0.1, -0.05) is 167 Å². The van der Waals surface area contributed by atoms with Gasteiger partial charge < -0.3 is 9.55 Å². The van der Waals surface area contributed by atoms with E-state index in [2.05, 4.69) is 106 Å². The molecule has 0 unspecified atom stereocenters. The molecule has 0 atom stereocenters. The van der Waals surface area contributed by atoms with E-state index in [0.717, 1.165) is 71.7 Å². The van der Waals surface area contributed by atoms with Crippen LogP contribution >= 0.6 is 11.3 Å². The summed E-state index contributed by atoms with van der Waals surface area (Å²) in [4.78, 5) is 9.45. The second-order valence-corrected chi connectivity index (χ2v) is 13.8. The van der Waals surface area contributed by atoms with Crippen LogP contribution in [0, 0.1) is 11.4 Å². The summed E-state index contributed by atoms with van der Waals surface area (Å²) in [5, 5.41) is 4.58. The molecule has 7 aromatic carbocycles. The minimum atomic E-state index is -1.62. The van der Waals surface area contributed by atoms with Gasteiger partial charge in [0.15, 0.2) is 0 Å². The fourth-order valence-corrected chi connectivity index (χ4v) is 7.77. The molecule has 0 aliphatic rings. The van der Waals surface area contributed by atoms with Gasteiger partial charge in [-0.15, -0.1) is 47.3 Å². The van der Waals surface area contributed by atoms with Crippen molar-refractivity contribution in [2.45, 2.75) is 6.37 Å². The fraction of sp³-hybridized carbons (Fsp3) is 0.0196. The Morgan fingerprint density at radius 2 is 1.27 bits per heavy atom. The van der Waals surface area contributed by atoms with Crippen LogP contribution in [0.5, 0.6) is 0 Å². The van der Waals surface area contributed by atoms with Crippen LogP contribution < -0.4 is 0 Å². The van der Waals surface area contributed by atoms with Crippen molar-refractivity contribution in [3.8, 4) is 50.6 Å². The molecule has 0 aliphatic carbocycles. The maximum Gasteiger partial charge on any atom is 0.0774 e. The predicted molar refractivity (Wildman–Crippen MR) is 229 cm³/mol. The van der Waals surface area contributed by atoms with Crippen LogP contribution in [0.15, 0.2) is 200 Å². The van der Waals surface area contributed by atoms with Crippen LogP contribution in [-0.4, -0.2) is 14.5 Å². The van der Waals surface area contributed by atoms with Gasteiger partial charge in [-0.2, -0.15) is 0 Å². The molecule has 5 heteroatoms. The SMILES string of the molecule is [2H]C([2H])(c1ccccc1)c1ccc2c(-c3nc4ccccc4n3-c3c(-c4ccccc4)cccc3-c3ccccc3)[c-]sc2c1.[Ir].[c-]1ccccc1-c1ccccn1. The Labute approximate surface area is 347 Å². The number of rotatable bonds is 7. The van der Waals surface area contributed by atoms with Crippen molar-refractivity contribution in [1.29, 1.82) is 0 Å². The number of hydrogen-bond donors (Lipinski definition) is 0. The third kappa shape index (κ3) is 7.66. The molecular formula is C51H35IrN3S-2. The minimum absolute atomic E-state index is 0. The minimum Gasteiger partial charge on any atom is -0.332 e. The Morgan fingerprint density at radius 1 is 0.607 bits per heavy atom. The standard InChI is InChI=1S/C40H27N2S.C11H8N.Ir/c1-4-13-28(14-5-1)25-29-23-24-34-35(27-43-38(34)26-29)40-41-36-21-10-11-22-37(36)42(40)39-32(30-15-6-2-7-16-30)19-12-20-33(39)31-17-8-3-9-18-31;1-2-6-10(7-3-1)11-8-4-5-9-12-11;/h1-24,26H,25H2;1-6,8-9H;/q2*-1;/i25D2;;. The quantitative estimate of drug-likeness (QED) is 0.149. The van der Waals surface area contributed by atoms with E-state index in [-0.39, 0.29) is 20.1 Å². The zero-order valence-electron chi connectivity index (χ0n) is 32.1. The van der Waals surface area contributed by atoms with Crippen LogP contribution in [0.4, 0.5) is 0 Å². The molecule has 10 aromatic rings. The average Bonchev–Trinajstić information content (AvgIpc) is 3.89. The van der Waals surface area contributed by atoms with Gasteiger partial charge in [0.25, 0.3) is 0 Å². The van der Waals surface area contributed by atoms with Gasteiger partial charge in [-0.05, 0) is 47.0 Å². The maximum atomic E-state index is 8.93. The van der Waals surface area contributed by atoms with Gasteiger partial charge >= 0.3 is 0 Å². The van der Waals surface area contributed by atoms with Crippen LogP contribution in [-0.2, 0) is 26.5 Å². The van der Waals surface area contributed by atoms with E-state index in [1.807, 2.05) is 109 Å². The number of nitrogens with zero attached hydrogens (tertiary/aromatic N) is 3. The summed E-state index contributed by atoms with van der Waals surface area (Å²) in [5.74, 6) is 0.807. The number of pyridine rings is 1. The molecule has 10 rings (SSSR count). The first-order valence-corrected chi connectivity index (χ1v) is 19.0. The van der Waals surface area contributed by atoms with Gasteiger partial charge in [0.05, 0.1) is 22.5 Å². The molecule has 0 N–H and O–H groups in total. The molecule has 0 amide bonds. The molecule has 3 nitrogen and oxygen atoms in total. The van der Waals surface area contributed by atoms with Crippen LogP contribution in [0.3, 0.4) is 0 Å². The smallest absolute Gasteiger partial charge is 0.0774 e. The topological polar surface area (TPSA) is 30.7 Å². The number of aromatic nitrogens is 3. The summed E-state index contributed by atoms with van der Waals surface area (Å²) in [7, 11) is 0. The van der Waals surface area contributed by atoms with Crippen LogP contribution in [0.2, 0.25) is 0 Å². The first-order valence-electron chi connectivity index (χ1n) is 19.2. The molecule has 0 bridgehead atoms. The third-order valence-electron chi connectivity index (χ3n) is 9.44. The molecule has 0 saturated heterocycles. The van der Waals surface area contributed by atoms with Crippen molar-refractivity contribution in [3.63, 3.8) is 0 Å². The van der Waals surface area contributed by atoms with E-state index in [1.54, 1.807) is 6.20 Å². The molecular weight excluding hydrogens is 879 g/mol. The monoisotopic (exact) mass is 916 g/mol. The summed E-state index contributed by atoms with van der Waals surface area (Å²) in [6.07, 6.45) is 0.169. The van der Waals surface area contributed by atoms with Crippen molar-refractivity contribution >= 4 is 32.5 Å². The molecule has 0 fully saturated rings. The second kappa shape index (κ2) is 17.1. The molecule has 271 valence electrons. The van der Waals surface area contributed by atoms with Crippen molar-refractivity contribution in [3.05, 3.63) is 223 Å². The maximum absolute atomic E-state index is 8.93. The van der Waals surface area contributed by atoms with Crippen LogP contribution in [0.1, 0.15) is 13.9 Å². The van der Waals surface area contributed by atoms with Gasteiger partial charge in [-0.25, -0.2) is 0 Å². The van der Waals surface area contributed by atoms with Gasteiger partial charge in [-0.3, -0.25) is 16.3 Å². The Bertz CT molecular complexity index is 2820. The van der Waals surface area contributed by atoms with E-state index < -0.39 is 6.37 Å². The zero-order chi connectivity index (χ0) is 38.6. The molecule has 56 heavy (non-hydrogen) atoms. The molecule has 3 aromatic heterocycles. The van der Waals surface area contributed by atoms with E-state index >= 15 is 0 Å². The van der Waals surface area contributed by atoms with Crippen molar-refractivity contribution in [2.24, 2.45) is 0 Å². The summed E-state index contributed by atoms with van der Waals surface area (Å²) >= 11 is 1.50. The van der Waals surface area contributed by atoms with E-state index in [9.17, 15) is 0 Å². The van der Waals surface area contributed by atoms with E-state index in [4.69, 9.17) is 7.73 Å². The Balaban J connectivity index is 0.000000309. The fourth-order valence-electron chi connectivity index (χ4n) is 6.89. The van der Waals surface area contributed by atoms with Gasteiger partial charge in [0.2, 0.25) is 0 Å². The number of benzene rings is 7. The van der Waals surface area contributed by atoms with Gasteiger partial charge in [0.1, 0.15) is 0 Å². The van der Waals surface area contributed by atoms with Crippen molar-refractivity contribution < 1.29 is 22.8 Å². The molecule has 0 saturated carbocycles. The summed E-state index contributed by atoms with van der Waals surface area (Å²) < 4.78 is 21.1. The molecule has 1 radical (unpaired) electrons. The summed E-state index contributed by atoms with van der Waals surface area (Å²) in [5.41, 5.74) is 11.6. The zero-order valence-corrected chi connectivity index (χ0v) is 33.3. The molecule has 3 heterocycles. The predicted octanol–water partition coefficient (Wildman–Crippen LogP) is 13.2. The Kier molecular flexibility index (Phi) is 10.4. The second-order valence-electron chi connectivity index (χ2n) is 13.0. The normalized spacial score (nSPS) is 11.6. The Hall–Kier alpha value is -6.23. The van der Waals surface area contributed by atoms with Crippen molar-refractivity contribution in [1.82, 2.24) is 14.5 Å².